The number of likely N-dealkylation sites (N-methyl/N-ethyl adjacent to an activating group) is 1. The number of rotatable bonds is 10. The molecule has 0 saturated carbocycles. The number of ether oxygens (including phenoxy) is 1. The Morgan fingerprint density at radius 3 is 2.50 bits per heavy atom. The van der Waals surface area contributed by atoms with Gasteiger partial charge in [0.1, 0.15) is 5.75 Å². The van der Waals surface area contributed by atoms with E-state index < -0.39 is 10.0 Å². The van der Waals surface area contributed by atoms with Crippen LogP contribution >= 0.6 is 0 Å². The summed E-state index contributed by atoms with van der Waals surface area (Å²) in [4.78, 5) is 14.7. The van der Waals surface area contributed by atoms with E-state index in [4.69, 9.17) is 4.74 Å². The van der Waals surface area contributed by atoms with Crippen LogP contribution in [0.15, 0.2) is 53.4 Å². The van der Waals surface area contributed by atoms with E-state index in [1.54, 1.807) is 29.6 Å². The van der Waals surface area contributed by atoms with Crippen LogP contribution in [0.25, 0.3) is 0 Å². The second kappa shape index (κ2) is 11.3. The van der Waals surface area contributed by atoms with Crippen LogP contribution in [0.1, 0.15) is 31.2 Å². The number of carbonyl (C=O) groups is 1. The number of para-hydroxylation sites is 1. The van der Waals surface area contributed by atoms with Gasteiger partial charge in [0, 0.05) is 45.3 Å². The molecule has 1 fully saturated rings. The number of benzene rings is 2. The molecule has 7 nitrogen and oxygen atoms in total. The Morgan fingerprint density at radius 1 is 1.09 bits per heavy atom. The van der Waals surface area contributed by atoms with Gasteiger partial charge in [-0.15, -0.1) is 0 Å². The fourth-order valence-corrected chi connectivity index (χ4v) is 5.44. The van der Waals surface area contributed by atoms with Gasteiger partial charge >= 0.3 is 0 Å². The molecule has 2 aromatic rings. The molecular formula is C24H33N3O4S. The summed E-state index contributed by atoms with van der Waals surface area (Å²) in [6.07, 6.45) is 3.52. The zero-order chi connectivity index (χ0) is 23.0. The molecule has 0 radical (unpaired) electrons. The van der Waals surface area contributed by atoms with Gasteiger partial charge in [0.05, 0.1) is 12.0 Å². The molecule has 1 heterocycles. The van der Waals surface area contributed by atoms with E-state index in [1.807, 2.05) is 37.4 Å². The molecular weight excluding hydrogens is 426 g/mol. The molecule has 0 aliphatic carbocycles. The number of aryl methyl sites for hydroxylation is 1. The number of nitrogens with one attached hydrogen (secondary N) is 1. The summed E-state index contributed by atoms with van der Waals surface area (Å²) < 4.78 is 33.0. The molecule has 0 atom stereocenters. The number of piperidine rings is 1. The van der Waals surface area contributed by atoms with E-state index in [2.05, 4.69) is 10.2 Å². The zero-order valence-electron chi connectivity index (χ0n) is 18.9. The number of sulfonamides is 1. The largest absolute Gasteiger partial charge is 0.496 e. The summed E-state index contributed by atoms with van der Waals surface area (Å²) in [5.74, 6) is 0.525. The predicted molar refractivity (Wildman–Crippen MR) is 127 cm³/mol. The maximum absolute atomic E-state index is 13.0. The fourth-order valence-electron chi connectivity index (χ4n) is 3.88. The SMILES string of the molecule is COc1ccc(S(=O)(=O)N2CCCCC2)cc1CCC(=O)NCCN(C)c1ccccc1. The summed E-state index contributed by atoms with van der Waals surface area (Å²) in [6, 6.07) is 14.9. The molecule has 1 aliphatic rings. The molecule has 0 bridgehead atoms. The maximum atomic E-state index is 13.0. The Bertz CT molecular complexity index is 990. The van der Waals surface area contributed by atoms with Crippen molar-refractivity contribution in [1.82, 2.24) is 9.62 Å². The number of amides is 1. The first kappa shape index (κ1) is 24.1. The van der Waals surface area contributed by atoms with E-state index in [1.165, 1.54) is 0 Å². The number of hydrogen-bond acceptors (Lipinski definition) is 5. The molecule has 1 amide bonds. The number of anilines is 1. The van der Waals surface area contributed by atoms with Crippen molar-refractivity contribution in [3.05, 3.63) is 54.1 Å². The summed E-state index contributed by atoms with van der Waals surface area (Å²) in [6.45, 7) is 2.35. The van der Waals surface area contributed by atoms with Crippen LogP contribution in [-0.4, -0.2) is 59.0 Å². The quantitative estimate of drug-likeness (QED) is 0.591. The Hall–Kier alpha value is -2.58. The van der Waals surface area contributed by atoms with Crippen molar-refractivity contribution in [2.75, 3.05) is 45.2 Å². The van der Waals surface area contributed by atoms with Crippen LogP contribution in [-0.2, 0) is 21.2 Å². The van der Waals surface area contributed by atoms with Gasteiger partial charge in [-0.2, -0.15) is 4.31 Å². The molecule has 0 spiro atoms. The highest BCUT2D eigenvalue weighted by atomic mass is 32.2. The summed E-state index contributed by atoms with van der Waals surface area (Å²) in [5.41, 5.74) is 1.82. The number of hydrogen-bond donors (Lipinski definition) is 1. The lowest BCUT2D eigenvalue weighted by molar-refractivity contribution is -0.120. The number of carbonyl (C=O) groups excluding carboxylic acids is 1. The molecule has 2 aromatic carbocycles. The topological polar surface area (TPSA) is 79.0 Å². The van der Waals surface area contributed by atoms with E-state index in [-0.39, 0.29) is 17.2 Å². The standard InChI is InChI=1S/C24H33N3O4S/c1-26(21-9-5-3-6-10-21)18-15-25-24(28)14-11-20-19-22(12-13-23(20)31-2)32(29,30)27-16-7-4-8-17-27/h3,5-6,9-10,12-13,19H,4,7-8,11,14-18H2,1-2H3,(H,25,28). The average molecular weight is 460 g/mol. The molecule has 0 unspecified atom stereocenters. The number of methoxy groups -OCH3 is 1. The van der Waals surface area contributed by atoms with E-state index >= 15 is 0 Å². The fraction of sp³-hybridized carbons (Fsp3) is 0.458. The Labute approximate surface area is 191 Å². The minimum absolute atomic E-state index is 0.0715. The first-order valence-electron chi connectivity index (χ1n) is 11.1. The first-order chi connectivity index (χ1) is 15.4. The Kier molecular flexibility index (Phi) is 8.53. The smallest absolute Gasteiger partial charge is 0.243 e. The van der Waals surface area contributed by atoms with Crippen molar-refractivity contribution in [3.8, 4) is 5.75 Å². The Balaban J connectivity index is 1.56. The van der Waals surface area contributed by atoms with Gasteiger partial charge in [0.2, 0.25) is 15.9 Å². The van der Waals surface area contributed by atoms with Crippen LogP contribution in [0.2, 0.25) is 0 Å². The monoisotopic (exact) mass is 459 g/mol. The van der Waals surface area contributed by atoms with Crippen LogP contribution in [0.5, 0.6) is 5.75 Å². The van der Waals surface area contributed by atoms with Gasteiger partial charge in [-0.3, -0.25) is 4.79 Å². The predicted octanol–water partition coefficient (Wildman–Crippen LogP) is 3.06. The van der Waals surface area contributed by atoms with Crippen LogP contribution in [0.4, 0.5) is 5.69 Å². The highest BCUT2D eigenvalue weighted by Gasteiger charge is 2.26. The van der Waals surface area contributed by atoms with Crippen molar-refractivity contribution < 1.29 is 17.9 Å². The molecule has 174 valence electrons. The van der Waals surface area contributed by atoms with Gasteiger partial charge < -0.3 is 15.0 Å². The third-order valence-corrected chi connectivity index (χ3v) is 7.69. The first-order valence-corrected chi connectivity index (χ1v) is 12.6. The van der Waals surface area contributed by atoms with Gasteiger partial charge in [-0.25, -0.2) is 8.42 Å². The van der Waals surface area contributed by atoms with Gasteiger partial charge in [-0.1, -0.05) is 24.6 Å². The van der Waals surface area contributed by atoms with Crippen LogP contribution < -0.4 is 15.0 Å². The van der Waals surface area contributed by atoms with Gasteiger partial charge in [0.25, 0.3) is 0 Å². The molecule has 3 rings (SSSR count). The molecule has 8 heteroatoms. The van der Waals surface area contributed by atoms with Crippen molar-refractivity contribution in [1.29, 1.82) is 0 Å². The third kappa shape index (κ3) is 6.23. The average Bonchev–Trinajstić information content (AvgIpc) is 2.83. The normalized spacial score (nSPS) is 14.7. The highest BCUT2D eigenvalue weighted by molar-refractivity contribution is 7.89. The second-order valence-corrected chi connectivity index (χ2v) is 9.98. The molecule has 32 heavy (non-hydrogen) atoms. The number of nitrogens with zero attached hydrogens (tertiary/aromatic N) is 2. The second-order valence-electron chi connectivity index (χ2n) is 8.05. The zero-order valence-corrected chi connectivity index (χ0v) is 19.7. The third-order valence-electron chi connectivity index (χ3n) is 5.79. The van der Waals surface area contributed by atoms with E-state index in [9.17, 15) is 13.2 Å². The molecule has 1 aliphatic heterocycles. The lowest BCUT2D eigenvalue weighted by Gasteiger charge is -2.26. The van der Waals surface area contributed by atoms with Crippen LogP contribution in [0, 0.1) is 0 Å². The summed E-state index contributed by atoms with van der Waals surface area (Å²) >= 11 is 0. The van der Waals surface area contributed by atoms with Gasteiger partial charge in [0.15, 0.2) is 0 Å². The van der Waals surface area contributed by atoms with Crippen molar-refractivity contribution in [3.63, 3.8) is 0 Å². The highest BCUT2D eigenvalue weighted by Crippen LogP contribution is 2.27. The Morgan fingerprint density at radius 2 is 1.81 bits per heavy atom. The van der Waals surface area contributed by atoms with Crippen molar-refractivity contribution in [2.24, 2.45) is 0 Å². The minimum Gasteiger partial charge on any atom is -0.496 e. The minimum atomic E-state index is -3.53. The maximum Gasteiger partial charge on any atom is 0.243 e. The van der Waals surface area contributed by atoms with Crippen molar-refractivity contribution in [2.45, 2.75) is 37.0 Å². The lowest BCUT2D eigenvalue weighted by Crippen LogP contribution is -2.35. The summed E-state index contributed by atoms with van der Waals surface area (Å²) in [5, 5.41) is 2.94. The van der Waals surface area contributed by atoms with Gasteiger partial charge in [-0.05, 0) is 55.2 Å². The molecule has 0 aromatic heterocycles. The van der Waals surface area contributed by atoms with Crippen LogP contribution in [0.3, 0.4) is 0 Å². The molecule has 1 N–H and O–H groups in total. The lowest BCUT2D eigenvalue weighted by atomic mass is 10.1. The van der Waals surface area contributed by atoms with E-state index in [0.717, 1.165) is 30.5 Å². The summed E-state index contributed by atoms with van der Waals surface area (Å²) in [7, 11) is 0.0130. The molecule has 1 saturated heterocycles. The van der Waals surface area contributed by atoms with E-state index in [0.29, 0.717) is 38.3 Å². The van der Waals surface area contributed by atoms with Crippen molar-refractivity contribution >= 4 is 21.6 Å².